The molecule has 2 aromatic rings. The number of Topliss-reactive ketones (excluding diaryl/α,β-unsaturated/α-hetero) is 1. The van der Waals surface area contributed by atoms with Crippen LogP contribution >= 0.6 is 0 Å². The van der Waals surface area contributed by atoms with Gasteiger partial charge in [0.15, 0.2) is 5.78 Å². The minimum atomic E-state index is -0.603. The molecule has 2 aliphatic heterocycles. The lowest BCUT2D eigenvalue weighted by molar-refractivity contribution is -0.131. The number of nitrogens with one attached hydrogen (secondary N) is 3. The molecule has 2 heterocycles. The first-order valence-corrected chi connectivity index (χ1v) is 13.4. The number of benzene rings is 2. The summed E-state index contributed by atoms with van der Waals surface area (Å²) in [6.45, 7) is 3.49. The standard InChI is InChI=1S/C28H33FN6O6/c1-19(37)30-17-23-18-35(28(40)41-23)22-5-6-25(24(29)16-22)33-10-12-34(13-11-33)27(39)8-7-26(38)20-3-2-4-21(15-20)32-31-9-14-36/h2-6,14-16,23,31-32H,7-13,17-18H2,1H3,(H,30,37)/t23-/m0/s1. The predicted molar refractivity (Wildman–Crippen MR) is 149 cm³/mol. The van der Waals surface area contributed by atoms with Crippen molar-refractivity contribution >= 4 is 47.0 Å². The highest BCUT2D eigenvalue weighted by molar-refractivity contribution is 5.98. The van der Waals surface area contributed by atoms with Crippen LogP contribution in [0.5, 0.6) is 0 Å². The van der Waals surface area contributed by atoms with E-state index in [0.29, 0.717) is 55.1 Å². The highest BCUT2D eigenvalue weighted by atomic mass is 19.1. The van der Waals surface area contributed by atoms with E-state index in [9.17, 15) is 24.0 Å². The normalized spacial score (nSPS) is 16.8. The third-order valence-corrected chi connectivity index (χ3v) is 6.84. The minimum absolute atomic E-state index is 0.0605. The molecule has 2 saturated heterocycles. The molecule has 0 radical (unpaired) electrons. The van der Waals surface area contributed by atoms with Gasteiger partial charge in [-0.05, 0) is 30.3 Å². The van der Waals surface area contributed by atoms with E-state index in [-0.39, 0.29) is 50.1 Å². The molecule has 0 saturated carbocycles. The highest BCUT2D eigenvalue weighted by Crippen LogP contribution is 2.28. The van der Waals surface area contributed by atoms with Gasteiger partial charge in [0.05, 0.1) is 31.0 Å². The van der Waals surface area contributed by atoms with Crippen molar-refractivity contribution in [3.8, 4) is 0 Å². The molecule has 2 aliphatic rings. The number of carbonyl (C=O) groups excluding carboxylic acids is 5. The van der Waals surface area contributed by atoms with Crippen LogP contribution < -0.4 is 26.0 Å². The number of carbonyl (C=O) groups is 5. The number of hydrogen-bond donors (Lipinski definition) is 3. The number of nitrogens with zero attached hydrogens (tertiary/aromatic N) is 3. The highest BCUT2D eigenvalue weighted by Gasteiger charge is 2.33. The van der Waals surface area contributed by atoms with E-state index < -0.39 is 18.0 Å². The maximum absolute atomic E-state index is 15.1. The first-order chi connectivity index (χ1) is 19.7. The van der Waals surface area contributed by atoms with Crippen molar-refractivity contribution in [1.82, 2.24) is 15.6 Å². The summed E-state index contributed by atoms with van der Waals surface area (Å²) in [5.74, 6) is -1.03. The summed E-state index contributed by atoms with van der Waals surface area (Å²) < 4.78 is 20.3. The minimum Gasteiger partial charge on any atom is -0.442 e. The average molecular weight is 569 g/mol. The molecule has 0 bridgehead atoms. The van der Waals surface area contributed by atoms with E-state index in [1.54, 1.807) is 41.3 Å². The van der Waals surface area contributed by atoms with Gasteiger partial charge in [-0.1, -0.05) is 12.1 Å². The van der Waals surface area contributed by atoms with Crippen molar-refractivity contribution < 1.29 is 33.1 Å². The zero-order chi connectivity index (χ0) is 29.4. The molecule has 3 N–H and O–H groups in total. The van der Waals surface area contributed by atoms with Gasteiger partial charge in [0.25, 0.3) is 0 Å². The zero-order valence-corrected chi connectivity index (χ0v) is 22.7. The number of ketones is 1. The lowest BCUT2D eigenvalue weighted by atomic mass is 10.1. The molecule has 2 aromatic carbocycles. The van der Waals surface area contributed by atoms with Crippen LogP contribution in [-0.2, 0) is 19.1 Å². The van der Waals surface area contributed by atoms with Crippen molar-refractivity contribution in [3.63, 3.8) is 0 Å². The molecule has 1 atom stereocenters. The molecule has 12 nitrogen and oxygen atoms in total. The molecule has 2 fully saturated rings. The Morgan fingerprint density at radius 1 is 1.07 bits per heavy atom. The average Bonchev–Trinajstić information content (AvgIpc) is 3.35. The quantitative estimate of drug-likeness (QED) is 0.151. The zero-order valence-electron chi connectivity index (χ0n) is 22.7. The SMILES string of the molecule is CC(=O)NC[C@H]1CN(c2ccc(N3CCN(C(=O)CCC(=O)c4cccc(NNCC=O)c4)CC3)c(F)c2)C(=O)O1. The first-order valence-electron chi connectivity index (χ1n) is 13.4. The molecule has 13 heteroatoms. The van der Waals surface area contributed by atoms with Crippen molar-refractivity contribution in [2.75, 3.05) is 61.0 Å². The Morgan fingerprint density at radius 2 is 1.85 bits per heavy atom. The van der Waals surface area contributed by atoms with E-state index in [2.05, 4.69) is 16.2 Å². The number of halogens is 1. The summed E-state index contributed by atoms with van der Waals surface area (Å²) in [4.78, 5) is 64.0. The molecule has 3 amide bonds. The number of piperazine rings is 1. The van der Waals surface area contributed by atoms with Gasteiger partial charge in [0.1, 0.15) is 18.2 Å². The van der Waals surface area contributed by atoms with Crippen LogP contribution in [0.15, 0.2) is 42.5 Å². The summed E-state index contributed by atoms with van der Waals surface area (Å²) in [7, 11) is 0. The molecular weight excluding hydrogens is 535 g/mol. The van der Waals surface area contributed by atoms with Gasteiger partial charge in [-0.25, -0.2) is 14.6 Å². The summed E-state index contributed by atoms with van der Waals surface area (Å²) >= 11 is 0. The van der Waals surface area contributed by atoms with Crippen LogP contribution in [0.4, 0.5) is 26.2 Å². The molecule has 4 rings (SSSR count). The monoisotopic (exact) mass is 568 g/mol. The van der Waals surface area contributed by atoms with Crippen LogP contribution in [0.25, 0.3) is 0 Å². The van der Waals surface area contributed by atoms with Crippen LogP contribution in [0, 0.1) is 5.82 Å². The lowest BCUT2D eigenvalue weighted by Crippen LogP contribution is -2.49. The van der Waals surface area contributed by atoms with Crippen molar-refractivity contribution in [1.29, 1.82) is 0 Å². The Balaban J connectivity index is 1.25. The maximum atomic E-state index is 15.1. The number of hydrogen-bond acceptors (Lipinski definition) is 9. The van der Waals surface area contributed by atoms with Crippen LogP contribution in [0.2, 0.25) is 0 Å². The van der Waals surface area contributed by atoms with E-state index in [0.717, 1.165) is 0 Å². The fraction of sp³-hybridized carbons (Fsp3) is 0.393. The van der Waals surface area contributed by atoms with Gasteiger partial charge in [0, 0.05) is 57.2 Å². The predicted octanol–water partition coefficient (Wildman–Crippen LogP) is 1.71. The van der Waals surface area contributed by atoms with Gasteiger partial charge in [-0.15, -0.1) is 0 Å². The summed E-state index contributed by atoms with van der Waals surface area (Å²) in [6, 6.07) is 11.3. The number of anilines is 3. The lowest BCUT2D eigenvalue weighted by Gasteiger charge is -2.36. The van der Waals surface area contributed by atoms with E-state index >= 15 is 4.39 Å². The van der Waals surface area contributed by atoms with Gasteiger partial charge in [-0.3, -0.25) is 19.3 Å². The second-order valence-corrected chi connectivity index (χ2v) is 9.73. The molecule has 0 spiro atoms. The number of amides is 3. The van der Waals surface area contributed by atoms with Gasteiger partial charge >= 0.3 is 6.09 Å². The van der Waals surface area contributed by atoms with E-state index in [4.69, 9.17) is 4.74 Å². The second kappa shape index (κ2) is 13.7. The molecule has 0 aromatic heterocycles. The van der Waals surface area contributed by atoms with Crippen LogP contribution in [0.1, 0.15) is 30.1 Å². The number of ether oxygens (including phenoxy) is 1. The van der Waals surface area contributed by atoms with E-state index in [1.807, 2.05) is 4.90 Å². The fourth-order valence-corrected chi connectivity index (χ4v) is 4.70. The van der Waals surface area contributed by atoms with Gasteiger partial charge < -0.3 is 30.1 Å². The third-order valence-electron chi connectivity index (χ3n) is 6.84. The molecule has 0 unspecified atom stereocenters. The smallest absolute Gasteiger partial charge is 0.414 e. The third kappa shape index (κ3) is 7.78. The van der Waals surface area contributed by atoms with Gasteiger partial charge in [-0.2, -0.15) is 0 Å². The van der Waals surface area contributed by atoms with Crippen molar-refractivity contribution in [3.05, 3.63) is 53.8 Å². The van der Waals surface area contributed by atoms with Crippen molar-refractivity contribution in [2.24, 2.45) is 0 Å². The van der Waals surface area contributed by atoms with Crippen LogP contribution in [-0.4, -0.2) is 86.8 Å². The fourth-order valence-electron chi connectivity index (χ4n) is 4.70. The topological polar surface area (TPSA) is 140 Å². The van der Waals surface area contributed by atoms with Crippen LogP contribution in [0.3, 0.4) is 0 Å². The Kier molecular flexibility index (Phi) is 9.85. The summed E-state index contributed by atoms with van der Waals surface area (Å²) in [6.07, 6.45) is -0.285. The number of aldehydes is 1. The van der Waals surface area contributed by atoms with Gasteiger partial charge in [0.2, 0.25) is 11.8 Å². The number of cyclic esters (lactones) is 1. The first kappa shape index (κ1) is 29.5. The Labute approximate surface area is 236 Å². The summed E-state index contributed by atoms with van der Waals surface area (Å²) in [5.41, 5.74) is 7.36. The number of hydrazine groups is 1. The second-order valence-electron chi connectivity index (χ2n) is 9.73. The number of rotatable bonds is 12. The Hall–Kier alpha value is -4.52. The Bertz CT molecular complexity index is 1300. The largest absolute Gasteiger partial charge is 0.442 e. The molecule has 0 aliphatic carbocycles. The molecule has 218 valence electrons. The molecular formula is C28H33FN6O6. The van der Waals surface area contributed by atoms with Crippen molar-refractivity contribution in [2.45, 2.75) is 25.9 Å². The maximum Gasteiger partial charge on any atom is 0.414 e. The summed E-state index contributed by atoms with van der Waals surface area (Å²) in [5, 5.41) is 2.60. The molecule has 41 heavy (non-hydrogen) atoms. The van der Waals surface area contributed by atoms with E-state index in [1.165, 1.54) is 17.9 Å². The Morgan fingerprint density at radius 3 is 2.56 bits per heavy atom.